The summed E-state index contributed by atoms with van der Waals surface area (Å²) in [7, 11) is 0. The zero-order valence-electron chi connectivity index (χ0n) is 10.8. The van der Waals surface area contributed by atoms with E-state index in [4.69, 9.17) is 10.3 Å². The zero-order valence-corrected chi connectivity index (χ0v) is 10.8. The zero-order chi connectivity index (χ0) is 13.4. The van der Waals surface area contributed by atoms with Gasteiger partial charge in [-0.15, -0.1) is 0 Å². The first-order valence-electron chi connectivity index (χ1n) is 6.00. The van der Waals surface area contributed by atoms with Gasteiger partial charge in [-0.05, 0) is 19.4 Å². The first-order valence-corrected chi connectivity index (χ1v) is 6.00. The molecule has 0 atom stereocenters. The summed E-state index contributed by atoms with van der Waals surface area (Å²) in [5.74, 6) is 1.13. The summed E-state index contributed by atoms with van der Waals surface area (Å²) >= 11 is 0. The molecule has 0 fully saturated rings. The van der Waals surface area contributed by atoms with Crippen LogP contribution in [0.2, 0.25) is 0 Å². The van der Waals surface area contributed by atoms with Crippen LogP contribution in [-0.2, 0) is 13.0 Å². The summed E-state index contributed by atoms with van der Waals surface area (Å²) in [5.41, 5.74) is 9.01. The molecule has 7 nitrogen and oxygen atoms in total. The van der Waals surface area contributed by atoms with Crippen molar-refractivity contribution < 1.29 is 4.52 Å². The van der Waals surface area contributed by atoms with Crippen LogP contribution in [0.25, 0.3) is 11.0 Å². The van der Waals surface area contributed by atoms with Crippen LogP contribution in [-0.4, -0.2) is 24.7 Å². The molecule has 0 aliphatic carbocycles. The highest BCUT2D eigenvalue weighted by molar-refractivity contribution is 5.90. The van der Waals surface area contributed by atoms with Crippen molar-refractivity contribution in [3.63, 3.8) is 0 Å². The number of anilines is 1. The maximum Gasteiger partial charge on any atom is 0.228 e. The Morgan fingerprint density at radius 2 is 2.05 bits per heavy atom. The van der Waals surface area contributed by atoms with Gasteiger partial charge in [0.15, 0.2) is 6.33 Å². The van der Waals surface area contributed by atoms with Crippen molar-refractivity contribution in [2.75, 3.05) is 5.73 Å². The molecule has 3 aromatic heterocycles. The fourth-order valence-corrected chi connectivity index (χ4v) is 2.28. The Morgan fingerprint density at radius 3 is 2.79 bits per heavy atom. The van der Waals surface area contributed by atoms with Gasteiger partial charge >= 0.3 is 0 Å². The maximum absolute atomic E-state index is 5.92. The topological polar surface area (TPSA) is 95.6 Å². The molecule has 0 amide bonds. The highest BCUT2D eigenvalue weighted by Crippen LogP contribution is 2.26. The molecule has 0 saturated heterocycles. The van der Waals surface area contributed by atoms with Crippen LogP contribution in [0.1, 0.15) is 17.1 Å². The van der Waals surface area contributed by atoms with Gasteiger partial charge in [-0.3, -0.25) is 0 Å². The Morgan fingerprint density at radius 1 is 1.21 bits per heavy atom. The summed E-state index contributed by atoms with van der Waals surface area (Å²) in [4.78, 5) is 12.4. The molecule has 3 aromatic rings. The lowest BCUT2D eigenvalue weighted by molar-refractivity contribution is 0.371. The number of hydrogen-bond donors (Lipinski definition) is 1. The van der Waals surface area contributed by atoms with Crippen LogP contribution in [0, 0.1) is 13.8 Å². The molecule has 0 saturated carbocycles. The Hall–Kier alpha value is -2.44. The number of hydrogen-bond acceptors (Lipinski definition) is 6. The van der Waals surface area contributed by atoms with Crippen LogP contribution in [0.5, 0.6) is 0 Å². The van der Waals surface area contributed by atoms with Gasteiger partial charge in [0, 0.05) is 18.7 Å². The lowest BCUT2D eigenvalue weighted by Gasteiger charge is -2.05. The predicted molar refractivity (Wildman–Crippen MR) is 69.4 cm³/mol. The number of aromatic nitrogens is 5. The third kappa shape index (κ3) is 1.83. The SMILES string of the molecule is Cc1c(C)n(CCc2ncno2)c2ncnc(N)c12. The Balaban J connectivity index is 2.03. The molecule has 3 rings (SSSR count). The number of rotatable bonds is 3. The monoisotopic (exact) mass is 258 g/mol. The van der Waals surface area contributed by atoms with E-state index in [2.05, 4.69) is 24.7 Å². The minimum Gasteiger partial charge on any atom is -0.383 e. The number of nitrogen functional groups attached to an aromatic ring is 1. The lowest BCUT2D eigenvalue weighted by atomic mass is 10.2. The van der Waals surface area contributed by atoms with Gasteiger partial charge in [0.05, 0.1) is 5.39 Å². The van der Waals surface area contributed by atoms with E-state index in [1.54, 1.807) is 0 Å². The molecule has 98 valence electrons. The highest BCUT2D eigenvalue weighted by Gasteiger charge is 2.15. The fourth-order valence-electron chi connectivity index (χ4n) is 2.28. The normalized spacial score (nSPS) is 11.3. The van der Waals surface area contributed by atoms with Crippen molar-refractivity contribution >= 4 is 16.9 Å². The van der Waals surface area contributed by atoms with Crippen molar-refractivity contribution in [2.45, 2.75) is 26.8 Å². The largest absolute Gasteiger partial charge is 0.383 e. The number of fused-ring (bicyclic) bond motifs is 1. The second kappa shape index (κ2) is 4.34. The molecule has 7 heteroatoms. The second-order valence-electron chi connectivity index (χ2n) is 4.40. The van der Waals surface area contributed by atoms with Gasteiger partial charge in [-0.2, -0.15) is 4.98 Å². The van der Waals surface area contributed by atoms with Crippen molar-refractivity contribution in [2.24, 2.45) is 0 Å². The Bertz CT molecular complexity index is 715. The molecule has 3 heterocycles. The van der Waals surface area contributed by atoms with E-state index in [1.807, 2.05) is 13.8 Å². The molecule has 2 N–H and O–H groups in total. The van der Waals surface area contributed by atoms with E-state index in [9.17, 15) is 0 Å². The molecule has 0 unspecified atom stereocenters. The summed E-state index contributed by atoms with van der Waals surface area (Å²) in [6.07, 6.45) is 3.55. The summed E-state index contributed by atoms with van der Waals surface area (Å²) < 4.78 is 7.11. The standard InChI is InChI=1S/C12H14N6O/c1-7-8(2)18(4-3-9-14-6-17-19-9)12-10(7)11(13)15-5-16-12/h5-6H,3-4H2,1-2H3,(H2,13,15,16). The van der Waals surface area contributed by atoms with Crippen LogP contribution in [0.4, 0.5) is 5.82 Å². The van der Waals surface area contributed by atoms with Crippen LogP contribution < -0.4 is 5.73 Å². The number of nitrogens with two attached hydrogens (primary N) is 1. The second-order valence-corrected chi connectivity index (χ2v) is 4.40. The van der Waals surface area contributed by atoms with E-state index in [-0.39, 0.29) is 0 Å². The van der Waals surface area contributed by atoms with Crippen molar-refractivity contribution in [3.8, 4) is 0 Å². The third-order valence-corrected chi connectivity index (χ3v) is 3.39. The summed E-state index contributed by atoms with van der Waals surface area (Å²) in [6, 6.07) is 0. The third-order valence-electron chi connectivity index (χ3n) is 3.39. The minimum atomic E-state index is 0.516. The molecular formula is C12H14N6O. The van der Waals surface area contributed by atoms with E-state index >= 15 is 0 Å². The summed E-state index contributed by atoms with van der Waals surface area (Å²) in [6.45, 7) is 4.79. The quantitative estimate of drug-likeness (QED) is 0.759. The first kappa shape index (κ1) is 11.6. The van der Waals surface area contributed by atoms with Gasteiger partial charge in [-0.25, -0.2) is 9.97 Å². The van der Waals surface area contributed by atoms with Gasteiger partial charge in [-0.1, -0.05) is 5.16 Å². The first-order chi connectivity index (χ1) is 9.18. The van der Waals surface area contributed by atoms with Crippen LogP contribution in [0.3, 0.4) is 0 Å². The molecule has 19 heavy (non-hydrogen) atoms. The van der Waals surface area contributed by atoms with Gasteiger partial charge in [0.2, 0.25) is 5.89 Å². The summed E-state index contributed by atoms with van der Waals surface area (Å²) in [5, 5.41) is 4.52. The van der Waals surface area contributed by atoms with Crippen molar-refractivity contribution in [1.82, 2.24) is 24.7 Å². The predicted octanol–water partition coefficient (Wildman–Crippen LogP) is 1.26. The lowest BCUT2D eigenvalue weighted by Crippen LogP contribution is -2.05. The Kier molecular flexibility index (Phi) is 2.66. The molecule has 0 radical (unpaired) electrons. The molecule has 0 aromatic carbocycles. The smallest absolute Gasteiger partial charge is 0.228 e. The molecule has 0 aliphatic heterocycles. The number of aryl methyl sites for hydroxylation is 3. The van der Waals surface area contributed by atoms with Crippen molar-refractivity contribution in [1.29, 1.82) is 0 Å². The fraction of sp³-hybridized carbons (Fsp3) is 0.333. The molecule has 0 bridgehead atoms. The van der Waals surface area contributed by atoms with E-state index in [0.717, 1.165) is 28.8 Å². The van der Waals surface area contributed by atoms with Crippen LogP contribution in [0.15, 0.2) is 17.2 Å². The van der Waals surface area contributed by atoms with Gasteiger partial charge in [0.1, 0.15) is 17.8 Å². The Labute approximate surface area is 109 Å². The van der Waals surface area contributed by atoms with Gasteiger partial charge in [0.25, 0.3) is 0 Å². The average Bonchev–Trinajstić information content (AvgIpc) is 2.98. The highest BCUT2D eigenvalue weighted by atomic mass is 16.5. The van der Waals surface area contributed by atoms with E-state index in [0.29, 0.717) is 18.1 Å². The van der Waals surface area contributed by atoms with E-state index < -0.39 is 0 Å². The molecule has 0 spiro atoms. The molecule has 0 aliphatic rings. The maximum atomic E-state index is 5.92. The molecular weight excluding hydrogens is 244 g/mol. The minimum absolute atomic E-state index is 0.516. The number of nitrogens with zero attached hydrogens (tertiary/aromatic N) is 5. The average molecular weight is 258 g/mol. The van der Waals surface area contributed by atoms with E-state index in [1.165, 1.54) is 12.7 Å². The van der Waals surface area contributed by atoms with Gasteiger partial charge < -0.3 is 14.8 Å². The van der Waals surface area contributed by atoms with Crippen molar-refractivity contribution in [3.05, 3.63) is 29.8 Å². The van der Waals surface area contributed by atoms with Crippen LogP contribution >= 0.6 is 0 Å².